The number of carbonyl (C=O) groups is 1. The highest BCUT2D eigenvalue weighted by atomic mass is 16.5. The van der Waals surface area contributed by atoms with Crippen molar-refractivity contribution >= 4 is 5.91 Å². The fourth-order valence-electron chi connectivity index (χ4n) is 3.20. The molecule has 0 radical (unpaired) electrons. The Kier molecular flexibility index (Phi) is 6.27. The normalized spacial score (nSPS) is 22.2. The number of carbonyl (C=O) groups excluding carboxylic acids is 1. The van der Waals surface area contributed by atoms with E-state index in [1.165, 1.54) is 12.8 Å². The predicted molar refractivity (Wildman–Crippen MR) is 89.8 cm³/mol. The minimum Gasteiger partial charge on any atom is -0.378 e. The van der Waals surface area contributed by atoms with Gasteiger partial charge < -0.3 is 14.5 Å². The predicted octanol–water partition coefficient (Wildman–Crippen LogP) is 2.77. The van der Waals surface area contributed by atoms with E-state index in [4.69, 9.17) is 4.74 Å². The molecule has 0 atom stereocenters. The molecule has 0 aromatic heterocycles. The first kappa shape index (κ1) is 17.7. The molecule has 1 amide bonds. The van der Waals surface area contributed by atoms with Crippen molar-refractivity contribution in [1.29, 1.82) is 0 Å². The number of rotatable bonds is 7. The summed E-state index contributed by atoms with van der Waals surface area (Å²) in [5.74, 6) is 0.788. The maximum absolute atomic E-state index is 12.2. The lowest BCUT2D eigenvalue weighted by atomic mass is 10.1. The number of hydrogen-bond donors (Lipinski definition) is 0. The van der Waals surface area contributed by atoms with Gasteiger partial charge in [0.1, 0.15) is 0 Å². The Hall–Kier alpha value is -0.610. The molecular weight excluding hydrogens is 276 g/mol. The van der Waals surface area contributed by atoms with Crippen LogP contribution in [-0.4, -0.2) is 61.1 Å². The summed E-state index contributed by atoms with van der Waals surface area (Å²) in [5, 5.41) is 0. The van der Waals surface area contributed by atoms with Crippen molar-refractivity contribution in [2.45, 2.75) is 59.5 Å². The lowest BCUT2D eigenvalue weighted by Gasteiger charge is -2.27. The van der Waals surface area contributed by atoms with Gasteiger partial charge in [-0.2, -0.15) is 0 Å². The van der Waals surface area contributed by atoms with Gasteiger partial charge in [0.05, 0.1) is 12.7 Å². The summed E-state index contributed by atoms with van der Waals surface area (Å²) in [5.41, 5.74) is 0.404. The molecule has 22 heavy (non-hydrogen) atoms. The second-order valence-electron chi connectivity index (χ2n) is 7.97. The molecule has 128 valence electrons. The average molecular weight is 310 g/mol. The molecule has 2 rings (SSSR count). The minimum atomic E-state index is 0.325. The Labute approximate surface area is 136 Å². The van der Waals surface area contributed by atoms with Crippen molar-refractivity contribution < 1.29 is 9.53 Å². The fourth-order valence-corrected chi connectivity index (χ4v) is 3.20. The van der Waals surface area contributed by atoms with Gasteiger partial charge in [0, 0.05) is 38.0 Å². The van der Waals surface area contributed by atoms with Crippen LogP contribution in [0.15, 0.2) is 0 Å². The molecule has 4 nitrogen and oxygen atoms in total. The van der Waals surface area contributed by atoms with Crippen molar-refractivity contribution in [1.82, 2.24) is 9.80 Å². The molecule has 4 heteroatoms. The quantitative estimate of drug-likeness (QED) is 0.725. The van der Waals surface area contributed by atoms with Crippen molar-refractivity contribution in [2.24, 2.45) is 11.3 Å². The highest BCUT2D eigenvalue weighted by molar-refractivity contribution is 5.76. The Balaban J connectivity index is 1.77. The van der Waals surface area contributed by atoms with Gasteiger partial charge in [-0.05, 0) is 45.6 Å². The molecule has 2 fully saturated rings. The van der Waals surface area contributed by atoms with Gasteiger partial charge in [0.25, 0.3) is 0 Å². The van der Waals surface area contributed by atoms with Crippen molar-refractivity contribution in [3.8, 4) is 0 Å². The van der Waals surface area contributed by atoms with E-state index in [1.807, 2.05) is 0 Å². The molecule has 1 saturated heterocycles. The number of amides is 1. The zero-order chi connectivity index (χ0) is 16.2. The van der Waals surface area contributed by atoms with E-state index in [9.17, 15) is 4.79 Å². The number of ether oxygens (including phenoxy) is 1. The Morgan fingerprint density at radius 3 is 2.41 bits per heavy atom. The Morgan fingerprint density at radius 2 is 1.82 bits per heavy atom. The molecule has 1 saturated carbocycles. The topological polar surface area (TPSA) is 32.8 Å². The molecule has 0 aromatic rings. The Bertz CT molecular complexity index is 364. The summed E-state index contributed by atoms with van der Waals surface area (Å²) in [7, 11) is 0. The van der Waals surface area contributed by atoms with Crippen molar-refractivity contribution in [3.05, 3.63) is 0 Å². The Morgan fingerprint density at radius 1 is 1.09 bits per heavy atom. The molecule has 0 N–H and O–H groups in total. The molecule has 0 unspecified atom stereocenters. The number of hydrogen-bond acceptors (Lipinski definition) is 3. The highest BCUT2D eigenvalue weighted by Crippen LogP contribution is 2.46. The van der Waals surface area contributed by atoms with E-state index >= 15 is 0 Å². The largest absolute Gasteiger partial charge is 0.378 e. The van der Waals surface area contributed by atoms with Crippen molar-refractivity contribution in [3.63, 3.8) is 0 Å². The van der Waals surface area contributed by atoms with Gasteiger partial charge >= 0.3 is 0 Å². The van der Waals surface area contributed by atoms with Crippen LogP contribution < -0.4 is 0 Å². The monoisotopic (exact) mass is 310 g/mol. The summed E-state index contributed by atoms with van der Waals surface area (Å²) in [6.45, 7) is 14.5. The third kappa shape index (κ3) is 5.54. The van der Waals surface area contributed by atoms with Gasteiger partial charge in [-0.3, -0.25) is 4.79 Å². The number of nitrogens with zero attached hydrogens (tertiary/aromatic N) is 2. The van der Waals surface area contributed by atoms with Gasteiger partial charge in [0.2, 0.25) is 5.91 Å². The van der Waals surface area contributed by atoms with E-state index in [0.717, 1.165) is 45.8 Å². The van der Waals surface area contributed by atoms with Crippen LogP contribution in [0, 0.1) is 11.3 Å². The van der Waals surface area contributed by atoms with E-state index < -0.39 is 0 Å². The van der Waals surface area contributed by atoms with Crippen LogP contribution >= 0.6 is 0 Å². The maximum atomic E-state index is 12.2. The van der Waals surface area contributed by atoms with Crippen LogP contribution in [0.2, 0.25) is 0 Å². The van der Waals surface area contributed by atoms with E-state index in [1.54, 1.807) is 0 Å². The molecule has 0 spiro atoms. The van der Waals surface area contributed by atoms with Crippen LogP contribution in [-0.2, 0) is 9.53 Å². The molecule has 1 aliphatic heterocycles. The SMILES string of the molecule is CC(C)CC(=O)N1CCCN(CC2(COC(C)C)CC2)CC1. The summed E-state index contributed by atoms with van der Waals surface area (Å²) in [4.78, 5) is 16.9. The molecular formula is C18H34N2O2. The minimum absolute atomic E-state index is 0.325. The molecule has 0 aromatic carbocycles. The highest BCUT2D eigenvalue weighted by Gasteiger charge is 2.44. The first-order valence-electron chi connectivity index (χ1n) is 9.02. The molecule has 1 aliphatic carbocycles. The average Bonchev–Trinajstić information content (AvgIpc) is 3.21. The zero-order valence-corrected chi connectivity index (χ0v) is 14.9. The van der Waals surface area contributed by atoms with Crippen LogP contribution in [0.4, 0.5) is 0 Å². The van der Waals surface area contributed by atoms with E-state index in [-0.39, 0.29) is 0 Å². The van der Waals surface area contributed by atoms with Crippen LogP contribution in [0.5, 0.6) is 0 Å². The second-order valence-corrected chi connectivity index (χ2v) is 7.97. The van der Waals surface area contributed by atoms with Gasteiger partial charge in [-0.1, -0.05) is 13.8 Å². The van der Waals surface area contributed by atoms with Crippen LogP contribution in [0.25, 0.3) is 0 Å². The maximum Gasteiger partial charge on any atom is 0.222 e. The van der Waals surface area contributed by atoms with Crippen LogP contribution in [0.3, 0.4) is 0 Å². The summed E-state index contributed by atoms with van der Waals surface area (Å²) < 4.78 is 5.85. The second kappa shape index (κ2) is 7.78. The smallest absolute Gasteiger partial charge is 0.222 e. The zero-order valence-electron chi connectivity index (χ0n) is 14.9. The van der Waals surface area contributed by atoms with Crippen LogP contribution in [0.1, 0.15) is 53.4 Å². The first-order valence-corrected chi connectivity index (χ1v) is 9.02. The lowest BCUT2D eigenvalue weighted by Crippen LogP contribution is -2.38. The summed E-state index contributed by atoms with van der Waals surface area (Å²) in [6.07, 6.45) is 4.71. The summed E-state index contributed by atoms with van der Waals surface area (Å²) >= 11 is 0. The molecule has 2 aliphatic rings. The fraction of sp³-hybridized carbons (Fsp3) is 0.944. The van der Waals surface area contributed by atoms with Gasteiger partial charge in [-0.15, -0.1) is 0 Å². The van der Waals surface area contributed by atoms with E-state index in [0.29, 0.717) is 29.8 Å². The molecule has 1 heterocycles. The first-order chi connectivity index (χ1) is 10.4. The van der Waals surface area contributed by atoms with Gasteiger partial charge in [0.15, 0.2) is 0 Å². The molecule has 0 bridgehead atoms. The van der Waals surface area contributed by atoms with Gasteiger partial charge in [-0.25, -0.2) is 0 Å². The van der Waals surface area contributed by atoms with Crippen molar-refractivity contribution in [2.75, 3.05) is 39.3 Å². The third-order valence-electron chi connectivity index (χ3n) is 4.76. The summed E-state index contributed by atoms with van der Waals surface area (Å²) in [6, 6.07) is 0. The third-order valence-corrected chi connectivity index (χ3v) is 4.76. The van der Waals surface area contributed by atoms with E-state index in [2.05, 4.69) is 37.5 Å². The standard InChI is InChI=1S/C18H34N2O2/c1-15(2)12-17(21)20-9-5-8-19(10-11-20)13-18(6-7-18)14-22-16(3)4/h15-16H,5-14H2,1-4H3. The lowest BCUT2D eigenvalue weighted by molar-refractivity contribution is -0.131.